The van der Waals surface area contributed by atoms with Crippen molar-refractivity contribution in [2.75, 3.05) is 7.11 Å². The van der Waals surface area contributed by atoms with Gasteiger partial charge in [0, 0.05) is 11.8 Å². The molecule has 1 aromatic rings. The fourth-order valence-corrected chi connectivity index (χ4v) is 1.67. The Balaban J connectivity index is 3.31. The van der Waals surface area contributed by atoms with E-state index >= 15 is 0 Å². The van der Waals surface area contributed by atoms with E-state index in [1.54, 1.807) is 6.07 Å². The van der Waals surface area contributed by atoms with E-state index in [9.17, 15) is 13.6 Å². The summed E-state index contributed by atoms with van der Waals surface area (Å²) in [5.41, 5.74) is -0.757. The Morgan fingerprint density at radius 1 is 1.71 bits per heavy atom. The summed E-state index contributed by atoms with van der Waals surface area (Å²) >= 11 is 2.91. The Morgan fingerprint density at radius 3 is 2.82 bits per heavy atom. The molecule has 1 rings (SSSR count). The second kappa shape index (κ2) is 5.68. The standard InChI is InChI=1S/C10H7BrF2N2O2/c1-17-7(16)2-5-4-15-9(11)6(3-14)8(5)10(12)13/h4,10H,2H2,1H3. The second-order valence-corrected chi connectivity index (χ2v) is 3.78. The largest absolute Gasteiger partial charge is 0.469 e. The molecule has 7 heteroatoms. The third-order valence-corrected chi connectivity index (χ3v) is 2.65. The van der Waals surface area contributed by atoms with Gasteiger partial charge in [-0.05, 0) is 21.5 Å². The Morgan fingerprint density at radius 2 is 2.35 bits per heavy atom. The maximum absolute atomic E-state index is 12.9. The van der Waals surface area contributed by atoms with Gasteiger partial charge >= 0.3 is 5.97 Å². The van der Waals surface area contributed by atoms with Gasteiger partial charge in [0.1, 0.15) is 10.7 Å². The maximum Gasteiger partial charge on any atom is 0.310 e. The summed E-state index contributed by atoms with van der Waals surface area (Å²) in [6.45, 7) is 0. The summed E-state index contributed by atoms with van der Waals surface area (Å²) in [4.78, 5) is 14.8. The monoisotopic (exact) mass is 304 g/mol. The molecule has 17 heavy (non-hydrogen) atoms. The van der Waals surface area contributed by atoms with Crippen LogP contribution in [0.4, 0.5) is 8.78 Å². The van der Waals surface area contributed by atoms with E-state index in [2.05, 4.69) is 25.7 Å². The van der Waals surface area contributed by atoms with Crippen molar-refractivity contribution < 1.29 is 18.3 Å². The normalized spacial score (nSPS) is 10.1. The molecule has 0 aliphatic carbocycles. The lowest BCUT2D eigenvalue weighted by atomic mass is 10.0. The van der Waals surface area contributed by atoms with Gasteiger partial charge in [0.25, 0.3) is 6.43 Å². The van der Waals surface area contributed by atoms with Crippen LogP contribution >= 0.6 is 15.9 Å². The van der Waals surface area contributed by atoms with Crippen LogP contribution in [0, 0.1) is 11.3 Å². The molecular weight excluding hydrogens is 298 g/mol. The van der Waals surface area contributed by atoms with Gasteiger partial charge in [0.15, 0.2) is 0 Å². The Kier molecular flexibility index (Phi) is 4.52. The van der Waals surface area contributed by atoms with Gasteiger partial charge in [0.05, 0.1) is 19.1 Å². The number of carbonyl (C=O) groups excluding carboxylic acids is 1. The minimum atomic E-state index is -2.86. The van der Waals surface area contributed by atoms with E-state index in [0.717, 1.165) is 13.3 Å². The molecule has 0 aliphatic rings. The predicted molar refractivity (Wildman–Crippen MR) is 57.3 cm³/mol. The minimum absolute atomic E-state index is 0.00778. The van der Waals surface area contributed by atoms with Crippen LogP contribution in [-0.4, -0.2) is 18.1 Å². The molecule has 0 saturated heterocycles. The van der Waals surface area contributed by atoms with Crippen LogP contribution in [0.2, 0.25) is 0 Å². The number of rotatable bonds is 3. The number of hydrogen-bond donors (Lipinski definition) is 0. The van der Waals surface area contributed by atoms with Crippen molar-refractivity contribution in [3.05, 3.63) is 27.5 Å². The van der Waals surface area contributed by atoms with Crippen LogP contribution in [0.1, 0.15) is 23.1 Å². The van der Waals surface area contributed by atoms with Gasteiger partial charge in [0.2, 0.25) is 0 Å². The molecule has 0 bridgehead atoms. The number of esters is 1. The van der Waals surface area contributed by atoms with Crippen molar-refractivity contribution >= 4 is 21.9 Å². The van der Waals surface area contributed by atoms with Gasteiger partial charge in [-0.15, -0.1) is 0 Å². The fraction of sp³-hybridized carbons (Fsp3) is 0.300. The van der Waals surface area contributed by atoms with Crippen LogP contribution in [0.15, 0.2) is 10.8 Å². The zero-order chi connectivity index (χ0) is 13.0. The number of nitriles is 1. The average Bonchev–Trinajstić information content (AvgIpc) is 2.30. The van der Waals surface area contributed by atoms with E-state index < -0.39 is 18.0 Å². The van der Waals surface area contributed by atoms with Gasteiger partial charge in [-0.1, -0.05) is 0 Å². The molecule has 0 radical (unpaired) electrons. The SMILES string of the molecule is COC(=O)Cc1cnc(Br)c(C#N)c1C(F)F. The molecule has 0 spiro atoms. The molecule has 1 heterocycles. The summed E-state index contributed by atoms with van der Waals surface area (Å²) < 4.78 is 30.1. The molecule has 0 fully saturated rings. The number of methoxy groups -OCH3 is 1. The third-order valence-electron chi connectivity index (χ3n) is 2.05. The molecule has 4 nitrogen and oxygen atoms in total. The van der Waals surface area contributed by atoms with Gasteiger partial charge < -0.3 is 4.74 Å². The number of halogens is 3. The number of aromatic nitrogens is 1. The first-order valence-electron chi connectivity index (χ1n) is 4.43. The van der Waals surface area contributed by atoms with Crippen LogP contribution in [0.3, 0.4) is 0 Å². The van der Waals surface area contributed by atoms with E-state index in [1.165, 1.54) is 0 Å². The lowest BCUT2D eigenvalue weighted by Gasteiger charge is -2.10. The van der Waals surface area contributed by atoms with Crippen molar-refractivity contribution in [3.8, 4) is 6.07 Å². The van der Waals surface area contributed by atoms with Gasteiger partial charge in [-0.2, -0.15) is 5.26 Å². The number of pyridine rings is 1. The first-order chi connectivity index (χ1) is 8.01. The van der Waals surface area contributed by atoms with E-state index in [1.807, 2.05) is 0 Å². The molecule has 0 amide bonds. The van der Waals surface area contributed by atoms with Gasteiger partial charge in [-0.25, -0.2) is 13.8 Å². The number of hydrogen-bond acceptors (Lipinski definition) is 4. The molecule has 0 aromatic carbocycles. The lowest BCUT2D eigenvalue weighted by molar-refractivity contribution is -0.139. The molecule has 0 saturated carbocycles. The number of ether oxygens (including phenoxy) is 1. The maximum atomic E-state index is 12.9. The third kappa shape index (κ3) is 2.97. The Bertz CT molecular complexity index is 486. The minimum Gasteiger partial charge on any atom is -0.469 e. The number of carbonyl (C=O) groups is 1. The van der Waals surface area contributed by atoms with E-state index in [0.29, 0.717) is 0 Å². The first kappa shape index (κ1) is 13.5. The second-order valence-electron chi connectivity index (χ2n) is 3.03. The summed E-state index contributed by atoms with van der Waals surface area (Å²) in [6, 6.07) is 1.64. The smallest absolute Gasteiger partial charge is 0.310 e. The molecule has 0 unspecified atom stereocenters. The fourth-order valence-electron chi connectivity index (χ4n) is 1.26. The lowest BCUT2D eigenvalue weighted by Crippen LogP contribution is -2.09. The quantitative estimate of drug-likeness (QED) is 0.635. The number of alkyl halides is 2. The highest BCUT2D eigenvalue weighted by Gasteiger charge is 2.22. The molecule has 0 atom stereocenters. The summed E-state index contributed by atoms with van der Waals surface area (Å²) in [5.74, 6) is -0.667. The van der Waals surface area contributed by atoms with Gasteiger partial charge in [-0.3, -0.25) is 4.79 Å². The Labute approximate surface area is 104 Å². The summed E-state index contributed by atoms with van der Waals surface area (Å²) in [5, 5.41) is 8.79. The van der Waals surface area contributed by atoms with Crippen LogP contribution in [0.25, 0.3) is 0 Å². The molecule has 1 aromatic heterocycles. The molecule has 90 valence electrons. The van der Waals surface area contributed by atoms with Crippen molar-refractivity contribution in [1.82, 2.24) is 4.98 Å². The average molecular weight is 305 g/mol. The molecule has 0 N–H and O–H groups in total. The molecular formula is C10H7BrF2N2O2. The summed E-state index contributed by atoms with van der Waals surface area (Å²) in [7, 11) is 1.15. The van der Waals surface area contributed by atoms with Crippen LogP contribution in [-0.2, 0) is 16.0 Å². The van der Waals surface area contributed by atoms with E-state index in [4.69, 9.17) is 5.26 Å². The topological polar surface area (TPSA) is 63.0 Å². The zero-order valence-electron chi connectivity index (χ0n) is 8.71. The highest BCUT2D eigenvalue weighted by atomic mass is 79.9. The predicted octanol–water partition coefficient (Wildman–Crippen LogP) is 2.37. The van der Waals surface area contributed by atoms with Crippen molar-refractivity contribution in [2.24, 2.45) is 0 Å². The number of nitrogens with zero attached hydrogens (tertiary/aromatic N) is 2. The zero-order valence-corrected chi connectivity index (χ0v) is 10.3. The molecule has 0 aliphatic heterocycles. The van der Waals surface area contributed by atoms with Crippen molar-refractivity contribution in [1.29, 1.82) is 5.26 Å². The van der Waals surface area contributed by atoms with E-state index in [-0.39, 0.29) is 22.2 Å². The van der Waals surface area contributed by atoms with Crippen molar-refractivity contribution in [3.63, 3.8) is 0 Å². The first-order valence-corrected chi connectivity index (χ1v) is 5.22. The van der Waals surface area contributed by atoms with Crippen molar-refractivity contribution in [2.45, 2.75) is 12.8 Å². The Hall–Kier alpha value is -1.55. The van der Waals surface area contributed by atoms with Crippen LogP contribution in [0.5, 0.6) is 0 Å². The van der Waals surface area contributed by atoms with Crippen LogP contribution < -0.4 is 0 Å². The highest BCUT2D eigenvalue weighted by Crippen LogP contribution is 2.30. The highest BCUT2D eigenvalue weighted by molar-refractivity contribution is 9.10. The summed E-state index contributed by atoms with van der Waals surface area (Å²) in [6.07, 6.45) is -2.07.